The first-order valence-electron chi connectivity index (χ1n) is 5.86. The first-order chi connectivity index (χ1) is 8.80. The summed E-state index contributed by atoms with van der Waals surface area (Å²) in [7, 11) is 3.37. The molecule has 0 spiro atoms. The van der Waals surface area contributed by atoms with Crippen LogP contribution < -0.4 is 9.47 Å². The Kier molecular flexibility index (Phi) is 2.56. The average Bonchev–Trinajstić information content (AvgIpc) is 2.43. The summed E-state index contributed by atoms with van der Waals surface area (Å²) < 4.78 is 10.5. The van der Waals surface area contributed by atoms with E-state index in [1.807, 2.05) is 24.3 Å². The lowest BCUT2D eigenvalue weighted by Gasteiger charge is -2.06. The zero-order valence-electron chi connectivity index (χ0n) is 10.4. The molecule has 0 aliphatic heterocycles. The third kappa shape index (κ3) is 1.76. The zero-order chi connectivity index (χ0) is 12.5. The van der Waals surface area contributed by atoms with Crippen molar-refractivity contribution in [1.29, 1.82) is 0 Å². The van der Waals surface area contributed by atoms with Crippen LogP contribution in [0.5, 0.6) is 11.5 Å². The van der Waals surface area contributed by atoms with E-state index < -0.39 is 0 Å². The van der Waals surface area contributed by atoms with Crippen LogP contribution in [0.25, 0.3) is 21.5 Å². The van der Waals surface area contributed by atoms with Crippen LogP contribution in [-0.4, -0.2) is 14.2 Å². The van der Waals surface area contributed by atoms with Gasteiger partial charge in [-0.2, -0.15) is 0 Å². The van der Waals surface area contributed by atoms with Gasteiger partial charge < -0.3 is 9.47 Å². The van der Waals surface area contributed by atoms with Crippen LogP contribution >= 0.6 is 0 Å². The Morgan fingerprint density at radius 1 is 0.556 bits per heavy atom. The van der Waals surface area contributed by atoms with Crippen molar-refractivity contribution in [2.75, 3.05) is 14.2 Å². The molecule has 0 saturated carbocycles. The maximum atomic E-state index is 5.25. The zero-order valence-corrected chi connectivity index (χ0v) is 10.4. The SMILES string of the molecule is COc1ccc2cc3ccc(OC)cc3cc2c1. The van der Waals surface area contributed by atoms with Gasteiger partial charge >= 0.3 is 0 Å². The van der Waals surface area contributed by atoms with E-state index in [4.69, 9.17) is 9.47 Å². The molecular formula is C16H14O2. The first kappa shape index (κ1) is 10.9. The molecule has 2 heteroatoms. The molecule has 0 aromatic heterocycles. The number of rotatable bonds is 2. The molecule has 0 unspecified atom stereocenters. The number of fused-ring (bicyclic) bond motifs is 2. The number of benzene rings is 3. The Morgan fingerprint density at radius 3 is 1.44 bits per heavy atom. The molecule has 0 heterocycles. The maximum absolute atomic E-state index is 5.25. The van der Waals surface area contributed by atoms with Crippen molar-refractivity contribution in [3.05, 3.63) is 48.5 Å². The van der Waals surface area contributed by atoms with E-state index >= 15 is 0 Å². The molecule has 0 bridgehead atoms. The minimum absolute atomic E-state index is 0.879. The van der Waals surface area contributed by atoms with Crippen molar-refractivity contribution in [2.24, 2.45) is 0 Å². The van der Waals surface area contributed by atoms with Crippen LogP contribution in [0.15, 0.2) is 48.5 Å². The summed E-state index contributed by atoms with van der Waals surface area (Å²) in [6, 6.07) is 16.6. The molecule has 0 saturated heterocycles. The molecule has 3 rings (SSSR count). The molecule has 0 fully saturated rings. The van der Waals surface area contributed by atoms with Gasteiger partial charge in [0.2, 0.25) is 0 Å². The fourth-order valence-electron chi connectivity index (χ4n) is 2.21. The van der Waals surface area contributed by atoms with Crippen molar-refractivity contribution in [2.45, 2.75) is 0 Å². The van der Waals surface area contributed by atoms with Crippen molar-refractivity contribution in [1.82, 2.24) is 0 Å². The summed E-state index contributed by atoms with van der Waals surface area (Å²) >= 11 is 0. The molecule has 0 amide bonds. The summed E-state index contributed by atoms with van der Waals surface area (Å²) in [5.74, 6) is 1.76. The van der Waals surface area contributed by atoms with Crippen molar-refractivity contribution in [3.8, 4) is 11.5 Å². The lowest BCUT2D eigenvalue weighted by Crippen LogP contribution is -1.84. The third-order valence-electron chi connectivity index (χ3n) is 3.21. The Balaban J connectivity index is 2.29. The molecule has 0 N–H and O–H groups in total. The molecular weight excluding hydrogens is 224 g/mol. The standard InChI is InChI=1S/C16H14O2/c1-17-15-5-3-11-7-12-4-6-16(18-2)10-14(12)8-13(11)9-15/h3-10H,1-2H3. The second kappa shape index (κ2) is 4.22. The lowest BCUT2D eigenvalue weighted by atomic mass is 10.0. The van der Waals surface area contributed by atoms with Crippen molar-refractivity contribution < 1.29 is 9.47 Å². The van der Waals surface area contributed by atoms with Gasteiger partial charge in [-0.15, -0.1) is 0 Å². The number of ether oxygens (including phenoxy) is 2. The highest BCUT2D eigenvalue weighted by atomic mass is 16.5. The molecule has 0 atom stereocenters. The van der Waals surface area contributed by atoms with Gasteiger partial charge in [-0.3, -0.25) is 0 Å². The predicted octanol–water partition coefficient (Wildman–Crippen LogP) is 4.01. The van der Waals surface area contributed by atoms with E-state index in [0.717, 1.165) is 11.5 Å². The van der Waals surface area contributed by atoms with Gasteiger partial charge in [0, 0.05) is 0 Å². The highest BCUT2D eigenvalue weighted by Crippen LogP contribution is 2.28. The molecule has 0 aliphatic carbocycles. The van der Waals surface area contributed by atoms with Gasteiger partial charge in [0.1, 0.15) is 11.5 Å². The topological polar surface area (TPSA) is 18.5 Å². The quantitative estimate of drug-likeness (QED) is 0.628. The molecule has 0 aliphatic rings. The third-order valence-corrected chi connectivity index (χ3v) is 3.21. The summed E-state index contributed by atoms with van der Waals surface area (Å²) in [5.41, 5.74) is 0. The Bertz CT molecular complexity index is 658. The molecule has 18 heavy (non-hydrogen) atoms. The second-order valence-corrected chi connectivity index (χ2v) is 4.28. The van der Waals surface area contributed by atoms with E-state index in [9.17, 15) is 0 Å². The molecule has 0 radical (unpaired) electrons. The van der Waals surface area contributed by atoms with Crippen LogP contribution in [0.2, 0.25) is 0 Å². The Hall–Kier alpha value is -2.22. The predicted molar refractivity (Wildman–Crippen MR) is 74.6 cm³/mol. The van der Waals surface area contributed by atoms with Crippen LogP contribution in [-0.2, 0) is 0 Å². The number of hydrogen-bond donors (Lipinski definition) is 0. The largest absolute Gasteiger partial charge is 0.497 e. The second-order valence-electron chi connectivity index (χ2n) is 4.28. The smallest absolute Gasteiger partial charge is 0.119 e. The highest BCUT2D eigenvalue weighted by Gasteiger charge is 2.01. The number of hydrogen-bond acceptors (Lipinski definition) is 2. The molecule has 2 nitrogen and oxygen atoms in total. The fraction of sp³-hybridized carbons (Fsp3) is 0.125. The van der Waals surface area contributed by atoms with E-state index in [2.05, 4.69) is 24.3 Å². The maximum Gasteiger partial charge on any atom is 0.119 e. The summed E-state index contributed by atoms with van der Waals surface area (Å²) in [5, 5.41) is 4.78. The van der Waals surface area contributed by atoms with Gasteiger partial charge in [-0.05, 0) is 57.9 Å². The van der Waals surface area contributed by atoms with Crippen molar-refractivity contribution >= 4 is 21.5 Å². The average molecular weight is 238 g/mol. The number of methoxy groups -OCH3 is 2. The fourth-order valence-corrected chi connectivity index (χ4v) is 2.21. The van der Waals surface area contributed by atoms with Gasteiger partial charge in [-0.25, -0.2) is 0 Å². The van der Waals surface area contributed by atoms with Gasteiger partial charge in [0.15, 0.2) is 0 Å². The van der Waals surface area contributed by atoms with Gasteiger partial charge in [0.25, 0.3) is 0 Å². The highest BCUT2D eigenvalue weighted by molar-refractivity contribution is 5.99. The molecule has 3 aromatic carbocycles. The van der Waals surface area contributed by atoms with Crippen LogP contribution in [0, 0.1) is 0 Å². The van der Waals surface area contributed by atoms with Gasteiger partial charge in [0.05, 0.1) is 14.2 Å². The summed E-state index contributed by atoms with van der Waals surface area (Å²) in [6.45, 7) is 0. The van der Waals surface area contributed by atoms with E-state index in [-0.39, 0.29) is 0 Å². The molecule has 3 aromatic rings. The Morgan fingerprint density at radius 2 is 1.00 bits per heavy atom. The van der Waals surface area contributed by atoms with Crippen LogP contribution in [0.4, 0.5) is 0 Å². The lowest BCUT2D eigenvalue weighted by molar-refractivity contribution is 0.415. The summed E-state index contributed by atoms with van der Waals surface area (Å²) in [6.07, 6.45) is 0. The molecule has 90 valence electrons. The Labute approximate surface area is 106 Å². The van der Waals surface area contributed by atoms with Crippen molar-refractivity contribution in [3.63, 3.8) is 0 Å². The minimum Gasteiger partial charge on any atom is -0.497 e. The van der Waals surface area contributed by atoms with E-state index in [1.165, 1.54) is 21.5 Å². The first-order valence-corrected chi connectivity index (χ1v) is 5.86. The van der Waals surface area contributed by atoms with E-state index in [0.29, 0.717) is 0 Å². The van der Waals surface area contributed by atoms with Crippen LogP contribution in [0.3, 0.4) is 0 Å². The normalized spacial score (nSPS) is 10.8. The minimum atomic E-state index is 0.879. The van der Waals surface area contributed by atoms with E-state index in [1.54, 1.807) is 14.2 Å². The van der Waals surface area contributed by atoms with Gasteiger partial charge in [-0.1, -0.05) is 12.1 Å². The monoisotopic (exact) mass is 238 g/mol. The summed E-state index contributed by atoms with van der Waals surface area (Å²) in [4.78, 5) is 0. The van der Waals surface area contributed by atoms with Crippen LogP contribution in [0.1, 0.15) is 0 Å².